The Morgan fingerprint density at radius 1 is 0.804 bits per heavy atom. The number of fused-ring (bicyclic) bond motifs is 3. The summed E-state index contributed by atoms with van der Waals surface area (Å²) in [5.41, 5.74) is 9.53. The first-order chi connectivity index (χ1) is 26.4. The fourth-order valence-electron chi connectivity index (χ4n) is 9.28. The van der Waals surface area contributed by atoms with Crippen LogP contribution in [0, 0.1) is 29.9 Å². The van der Waals surface area contributed by atoms with Crippen molar-refractivity contribution in [2.75, 3.05) is 0 Å². The zero-order valence-electron chi connectivity index (χ0n) is 35.0. The van der Waals surface area contributed by atoms with Gasteiger partial charge in [0.05, 0.1) is 13.7 Å². The largest absolute Gasteiger partial charge is 0.486 e. The van der Waals surface area contributed by atoms with Crippen molar-refractivity contribution in [3.8, 4) is 22.5 Å². The van der Waals surface area contributed by atoms with E-state index in [1.54, 1.807) is 10.8 Å². The van der Waals surface area contributed by atoms with Crippen LogP contribution in [-0.4, -0.2) is 23.0 Å². The molecule has 0 spiro atoms. The minimum atomic E-state index is -1.36. The van der Waals surface area contributed by atoms with Gasteiger partial charge in [0.2, 0.25) is 5.71 Å². The van der Waals surface area contributed by atoms with Gasteiger partial charge in [-0.05, 0) is 83.3 Å². The van der Waals surface area contributed by atoms with E-state index in [1.165, 1.54) is 69.8 Å². The summed E-state index contributed by atoms with van der Waals surface area (Å²) in [6, 6.07) is 30.1. The molecule has 0 N–H and O–H groups in total. The molecule has 0 bridgehead atoms. The number of nitrogens with zero attached hydrogens (tertiary/aromatic N) is 3. The van der Waals surface area contributed by atoms with Gasteiger partial charge in [0.25, 0.3) is 0 Å². The van der Waals surface area contributed by atoms with E-state index in [0.29, 0.717) is 17.5 Å². The molecule has 4 nitrogen and oxygen atoms in total. The average molecular weight is 940 g/mol. The normalized spacial score (nSPS) is 16.2. The van der Waals surface area contributed by atoms with E-state index >= 15 is 0 Å². The Bertz CT molecular complexity index is 2200. The third-order valence-corrected chi connectivity index (χ3v) is 14.2. The molecule has 4 heterocycles. The molecular weight excluding hydrogens is 879 g/mol. The topological polar surface area (TPSA) is 51.8 Å². The number of rotatable bonds is 8. The van der Waals surface area contributed by atoms with Crippen molar-refractivity contribution in [3.63, 3.8) is 0 Å². The van der Waals surface area contributed by atoms with Gasteiger partial charge >= 0.3 is 0 Å². The summed E-state index contributed by atoms with van der Waals surface area (Å²) in [5, 5.41) is 3.67. The van der Waals surface area contributed by atoms with Crippen LogP contribution in [0.25, 0.3) is 44.6 Å². The number of aromatic nitrogens is 3. The quantitative estimate of drug-likeness (QED) is 0.113. The molecule has 2 saturated carbocycles. The molecule has 56 heavy (non-hydrogen) atoms. The number of benzene rings is 2. The van der Waals surface area contributed by atoms with Gasteiger partial charge in [0.15, 0.2) is 0 Å². The Morgan fingerprint density at radius 2 is 1.55 bits per heavy atom. The molecule has 2 aromatic carbocycles. The van der Waals surface area contributed by atoms with Crippen molar-refractivity contribution >= 4 is 35.3 Å². The van der Waals surface area contributed by atoms with Crippen LogP contribution in [0.1, 0.15) is 115 Å². The smallest absolute Gasteiger partial charge is 0.216 e. The van der Waals surface area contributed by atoms with Crippen molar-refractivity contribution in [1.29, 1.82) is 0 Å². The number of pyridine rings is 3. The Hall–Kier alpha value is -3.44. The van der Waals surface area contributed by atoms with Crippen molar-refractivity contribution in [2.45, 2.75) is 130 Å². The molecule has 8 rings (SSSR count). The second kappa shape index (κ2) is 18.0. The van der Waals surface area contributed by atoms with Crippen LogP contribution in [0.15, 0.2) is 83.5 Å². The van der Waals surface area contributed by atoms with Gasteiger partial charge in [0.1, 0.15) is 0 Å². The van der Waals surface area contributed by atoms with E-state index in [1.807, 2.05) is 24.4 Å². The van der Waals surface area contributed by atoms with E-state index in [0.717, 1.165) is 56.4 Å². The summed E-state index contributed by atoms with van der Waals surface area (Å²) in [5.74, 6) is 2.83. The molecule has 4 aromatic heterocycles. The molecule has 1 atom stereocenters. The minimum absolute atomic E-state index is 0. The van der Waals surface area contributed by atoms with Gasteiger partial charge in [-0.3, -0.25) is 0 Å². The Labute approximate surface area is 351 Å². The van der Waals surface area contributed by atoms with Gasteiger partial charge in [-0.25, -0.2) is 4.98 Å². The molecule has 0 amide bonds. The maximum absolute atomic E-state index is 6.34. The molecule has 2 aliphatic carbocycles. The summed E-state index contributed by atoms with van der Waals surface area (Å²) >= 11 is 0. The Morgan fingerprint density at radius 3 is 2.23 bits per heavy atom. The zero-order valence-corrected chi connectivity index (χ0v) is 38.4. The molecular formula is C50H61IrN3OSi-2. The van der Waals surface area contributed by atoms with E-state index in [9.17, 15) is 0 Å². The minimum Gasteiger partial charge on any atom is -0.486 e. The third-order valence-electron chi connectivity index (χ3n) is 12.1. The fraction of sp³-hybridized carbons (Fsp3) is 0.460. The van der Waals surface area contributed by atoms with E-state index in [2.05, 4.69) is 121 Å². The SMILES string of the molecule is CC(C)C(c1ccnc(-c2[c-]ccc3c2oc2nc(C(C)(C)C)ccc23)c1)C1CCCC1.C[Si](C)(C)c1cnc(-c2[c-]cccc2)cc1CC1CCCCC1.[Ir]. The molecule has 2 fully saturated rings. The Balaban J connectivity index is 0.000000197. The monoisotopic (exact) mass is 940 g/mol. The van der Waals surface area contributed by atoms with Crippen molar-refractivity contribution in [3.05, 3.63) is 108 Å². The molecule has 2 aliphatic rings. The van der Waals surface area contributed by atoms with Gasteiger partial charge in [-0.15, -0.1) is 54.1 Å². The number of hydrogen-bond acceptors (Lipinski definition) is 4. The second-order valence-corrected chi connectivity index (χ2v) is 23.8. The van der Waals surface area contributed by atoms with Gasteiger partial charge < -0.3 is 14.4 Å². The predicted molar refractivity (Wildman–Crippen MR) is 234 cm³/mol. The van der Waals surface area contributed by atoms with Crippen LogP contribution in [-0.2, 0) is 31.9 Å². The van der Waals surface area contributed by atoms with Gasteiger partial charge in [0, 0.05) is 49.0 Å². The summed E-state index contributed by atoms with van der Waals surface area (Å²) in [6.07, 6.45) is 17.8. The fourth-order valence-corrected chi connectivity index (χ4v) is 10.9. The predicted octanol–water partition coefficient (Wildman–Crippen LogP) is 13.3. The van der Waals surface area contributed by atoms with Crippen LogP contribution < -0.4 is 5.19 Å². The molecule has 6 aromatic rings. The number of furan rings is 1. The van der Waals surface area contributed by atoms with Crippen molar-refractivity contribution in [2.24, 2.45) is 17.8 Å². The van der Waals surface area contributed by atoms with Crippen LogP contribution in [0.2, 0.25) is 19.6 Å². The molecule has 1 radical (unpaired) electrons. The first-order valence-electron chi connectivity index (χ1n) is 21.0. The first kappa shape index (κ1) is 42.2. The van der Waals surface area contributed by atoms with Gasteiger partial charge in [-0.1, -0.05) is 128 Å². The van der Waals surface area contributed by atoms with Crippen LogP contribution in [0.5, 0.6) is 0 Å². The molecule has 297 valence electrons. The van der Waals surface area contributed by atoms with Crippen molar-refractivity contribution < 1.29 is 24.5 Å². The summed E-state index contributed by atoms with van der Waals surface area (Å²) in [6.45, 7) is 18.5. The molecule has 1 unspecified atom stereocenters. The van der Waals surface area contributed by atoms with E-state index < -0.39 is 8.07 Å². The second-order valence-electron chi connectivity index (χ2n) is 18.7. The van der Waals surface area contributed by atoms with E-state index in [-0.39, 0.29) is 25.5 Å². The zero-order chi connectivity index (χ0) is 38.7. The third kappa shape index (κ3) is 9.63. The molecule has 6 heteroatoms. The molecule has 0 aliphatic heterocycles. The average Bonchev–Trinajstić information content (AvgIpc) is 3.83. The number of hydrogen-bond donors (Lipinski definition) is 0. The van der Waals surface area contributed by atoms with Crippen LogP contribution >= 0.6 is 0 Å². The van der Waals surface area contributed by atoms with Crippen LogP contribution in [0.4, 0.5) is 0 Å². The summed E-state index contributed by atoms with van der Waals surface area (Å²) in [7, 11) is -1.36. The summed E-state index contributed by atoms with van der Waals surface area (Å²) in [4.78, 5) is 14.4. The Kier molecular flexibility index (Phi) is 13.6. The van der Waals surface area contributed by atoms with Gasteiger partial charge in [-0.2, -0.15) is 0 Å². The maximum atomic E-state index is 6.34. The van der Waals surface area contributed by atoms with E-state index in [4.69, 9.17) is 19.4 Å². The van der Waals surface area contributed by atoms with Crippen molar-refractivity contribution in [1.82, 2.24) is 15.0 Å². The summed E-state index contributed by atoms with van der Waals surface area (Å²) < 4.78 is 6.34. The molecule has 0 saturated heterocycles. The standard InChI is InChI=1S/C29H33N2O.C21H28NSi.Ir/c1-18(2)26(19-9-6-7-10-19)20-15-16-30-24(17-20)23-12-8-11-21-22-13-14-25(29(3,4)5)31-28(22)32-27(21)23;1-23(2,3)21-16-22-20(18-12-8-5-9-13-18)15-19(21)14-17-10-6-4-7-11-17;/h8,11,13-19,26H,6-7,9-10H2,1-5H3;5,8-9,12,15-17H,4,6-7,10-11,14H2,1-3H3;/q2*-1;. The first-order valence-corrected chi connectivity index (χ1v) is 24.5. The van der Waals surface area contributed by atoms with Crippen LogP contribution in [0.3, 0.4) is 0 Å². The maximum Gasteiger partial charge on any atom is 0.216 e.